The Morgan fingerprint density at radius 3 is 2.47 bits per heavy atom. The molecule has 0 radical (unpaired) electrons. The lowest BCUT2D eigenvalue weighted by molar-refractivity contribution is -0.153. The standard InChI is InChI=1S/C15H29NO3/c1-4-13-5-7-15(16,8-6-13)14(17)19-10-9-18-11-12(2)3/h12-13H,4-11,16H2,1-3H3. The number of hydrogen-bond acceptors (Lipinski definition) is 4. The van der Waals surface area contributed by atoms with Crippen molar-refractivity contribution < 1.29 is 14.3 Å². The SMILES string of the molecule is CCC1CCC(N)(C(=O)OCCOCC(C)C)CC1. The maximum atomic E-state index is 12.0. The molecule has 0 unspecified atom stereocenters. The van der Waals surface area contributed by atoms with Gasteiger partial charge in [-0.15, -0.1) is 0 Å². The Morgan fingerprint density at radius 2 is 1.95 bits per heavy atom. The van der Waals surface area contributed by atoms with Crippen LogP contribution in [0.15, 0.2) is 0 Å². The van der Waals surface area contributed by atoms with Crippen molar-refractivity contribution in [1.29, 1.82) is 0 Å². The van der Waals surface area contributed by atoms with E-state index in [1.54, 1.807) is 0 Å². The van der Waals surface area contributed by atoms with E-state index in [1.165, 1.54) is 6.42 Å². The fraction of sp³-hybridized carbons (Fsp3) is 0.933. The molecule has 0 aromatic heterocycles. The minimum absolute atomic E-state index is 0.254. The van der Waals surface area contributed by atoms with Crippen molar-refractivity contribution in [3.8, 4) is 0 Å². The zero-order chi connectivity index (χ0) is 14.3. The quantitative estimate of drug-likeness (QED) is 0.571. The number of carbonyl (C=O) groups excluding carboxylic acids is 1. The van der Waals surface area contributed by atoms with Gasteiger partial charge in [-0.2, -0.15) is 0 Å². The molecule has 4 nitrogen and oxygen atoms in total. The summed E-state index contributed by atoms with van der Waals surface area (Å²) in [4.78, 5) is 12.0. The van der Waals surface area contributed by atoms with Gasteiger partial charge in [-0.25, -0.2) is 0 Å². The Bertz CT molecular complexity index is 271. The molecule has 0 amide bonds. The zero-order valence-corrected chi connectivity index (χ0v) is 12.6. The van der Waals surface area contributed by atoms with Crippen molar-refractivity contribution in [2.75, 3.05) is 19.8 Å². The second-order valence-corrected chi connectivity index (χ2v) is 6.11. The Kier molecular flexibility index (Phi) is 6.80. The molecule has 1 aliphatic rings. The molecule has 112 valence electrons. The Balaban J connectivity index is 2.21. The summed E-state index contributed by atoms with van der Waals surface area (Å²) in [7, 11) is 0. The third-order valence-corrected chi connectivity index (χ3v) is 3.89. The smallest absolute Gasteiger partial charge is 0.326 e. The Morgan fingerprint density at radius 1 is 1.32 bits per heavy atom. The largest absolute Gasteiger partial charge is 0.462 e. The van der Waals surface area contributed by atoms with Crippen LogP contribution >= 0.6 is 0 Å². The van der Waals surface area contributed by atoms with Gasteiger partial charge in [-0.05, 0) is 37.5 Å². The fourth-order valence-corrected chi connectivity index (χ4v) is 2.46. The normalized spacial score (nSPS) is 27.5. The van der Waals surface area contributed by atoms with Crippen molar-refractivity contribution in [3.05, 3.63) is 0 Å². The number of rotatable bonds is 7. The summed E-state index contributed by atoms with van der Waals surface area (Å²) in [6, 6.07) is 0. The molecular weight excluding hydrogens is 242 g/mol. The molecule has 0 atom stereocenters. The topological polar surface area (TPSA) is 61.6 Å². The van der Waals surface area contributed by atoms with E-state index in [4.69, 9.17) is 15.2 Å². The van der Waals surface area contributed by atoms with Crippen LogP contribution in [0.4, 0.5) is 0 Å². The van der Waals surface area contributed by atoms with Crippen LogP contribution < -0.4 is 5.73 Å². The van der Waals surface area contributed by atoms with E-state index in [2.05, 4.69) is 20.8 Å². The molecule has 0 saturated heterocycles. The second-order valence-electron chi connectivity index (χ2n) is 6.11. The van der Waals surface area contributed by atoms with Crippen LogP contribution in [-0.2, 0) is 14.3 Å². The lowest BCUT2D eigenvalue weighted by Gasteiger charge is -2.34. The highest BCUT2D eigenvalue weighted by atomic mass is 16.6. The van der Waals surface area contributed by atoms with Crippen LogP contribution in [0.25, 0.3) is 0 Å². The molecule has 0 aliphatic heterocycles. The van der Waals surface area contributed by atoms with E-state index in [-0.39, 0.29) is 5.97 Å². The highest BCUT2D eigenvalue weighted by Crippen LogP contribution is 2.32. The van der Waals surface area contributed by atoms with Crippen LogP contribution in [0.3, 0.4) is 0 Å². The van der Waals surface area contributed by atoms with Gasteiger partial charge in [-0.1, -0.05) is 27.2 Å². The molecule has 1 fully saturated rings. The van der Waals surface area contributed by atoms with E-state index in [0.717, 1.165) is 31.6 Å². The van der Waals surface area contributed by atoms with Gasteiger partial charge in [-0.3, -0.25) is 4.79 Å². The first-order valence-corrected chi connectivity index (χ1v) is 7.51. The summed E-state index contributed by atoms with van der Waals surface area (Å²) < 4.78 is 10.6. The first-order chi connectivity index (χ1) is 8.98. The number of ether oxygens (including phenoxy) is 2. The van der Waals surface area contributed by atoms with Crippen molar-refractivity contribution in [3.63, 3.8) is 0 Å². The molecule has 0 heterocycles. The van der Waals surface area contributed by atoms with Gasteiger partial charge in [0.2, 0.25) is 0 Å². The number of nitrogens with two attached hydrogens (primary N) is 1. The van der Waals surface area contributed by atoms with E-state index in [1.807, 2.05) is 0 Å². The summed E-state index contributed by atoms with van der Waals surface area (Å²) >= 11 is 0. The molecule has 0 bridgehead atoms. The molecule has 4 heteroatoms. The summed E-state index contributed by atoms with van der Waals surface area (Å²) in [5.41, 5.74) is 5.41. The van der Waals surface area contributed by atoms with E-state index in [9.17, 15) is 4.79 Å². The second kappa shape index (κ2) is 7.85. The molecule has 0 aromatic rings. The number of carbonyl (C=O) groups is 1. The van der Waals surface area contributed by atoms with Crippen LogP contribution in [0, 0.1) is 11.8 Å². The van der Waals surface area contributed by atoms with Gasteiger partial charge in [0, 0.05) is 6.61 Å². The van der Waals surface area contributed by atoms with Crippen LogP contribution in [0.2, 0.25) is 0 Å². The monoisotopic (exact) mass is 271 g/mol. The van der Waals surface area contributed by atoms with E-state index >= 15 is 0 Å². The van der Waals surface area contributed by atoms with Gasteiger partial charge in [0.15, 0.2) is 0 Å². The van der Waals surface area contributed by atoms with Gasteiger partial charge < -0.3 is 15.2 Å². The van der Waals surface area contributed by atoms with Crippen molar-refractivity contribution >= 4 is 5.97 Å². The lowest BCUT2D eigenvalue weighted by Crippen LogP contribution is -2.51. The van der Waals surface area contributed by atoms with Crippen LogP contribution in [0.1, 0.15) is 52.9 Å². The third-order valence-electron chi connectivity index (χ3n) is 3.89. The highest BCUT2D eigenvalue weighted by Gasteiger charge is 2.39. The third kappa shape index (κ3) is 5.49. The predicted octanol–water partition coefficient (Wildman–Crippen LogP) is 2.50. The molecular formula is C15H29NO3. The molecule has 1 aliphatic carbocycles. The van der Waals surface area contributed by atoms with Gasteiger partial charge >= 0.3 is 5.97 Å². The maximum absolute atomic E-state index is 12.0. The van der Waals surface area contributed by atoms with Crippen molar-refractivity contribution in [2.24, 2.45) is 17.6 Å². The summed E-state index contributed by atoms with van der Waals surface area (Å²) in [6.45, 7) is 7.83. The predicted molar refractivity (Wildman–Crippen MR) is 75.8 cm³/mol. The van der Waals surface area contributed by atoms with Gasteiger partial charge in [0.1, 0.15) is 12.1 Å². The average Bonchev–Trinajstić information content (AvgIpc) is 2.38. The molecule has 0 spiro atoms. The Labute approximate surface area is 117 Å². The first-order valence-electron chi connectivity index (χ1n) is 7.51. The maximum Gasteiger partial charge on any atom is 0.326 e. The zero-order valence-electron chi connectivity index (χ0n) is 12.6. The van der Waals surface area contributed by atoms with Crippen molar-refractivity contribution in [1.82, 2.24) is 0 Å². The molecule has 1 rings (SSSR count). The first kappa shape index (κ1) is 16.4. The van der Waals surface area contributed by atoms with E-state index in [0.29, 0.717) is 25.7 Å². The minimum atomic E-state index is -0.760. The lowest BCUT2D eigenvalue weighted by atomic mass is 9.76. The van der Waals surface area contributed by atoms with Crippen LogP contribution in [-0.4, -0.2) is 31.3 Å². The van der Waals surface area contributed by atoms with Gasteiger partial charge in [0.05, 0.1) is 6.61 Å². The molecule has 1 saturated carbocycles. The van der Waals surface area contributed by atoms with Crippen LogP contribution in [0.5, 0.6) is 0 Å². The molecule has 2 N–H and O–H groups in total. The Hall–Kier alpha value is -0.610. The van der Waals surface area contributed by atoms with Gasteiger partial charge in [0.25, 0.3) is 0 Å². The van der Waals surface area contributed by atoms with Crippen molar-refractivity contribution in [2.45, 2.75) is 58.4 Å². The average molecular weight is 271 g/mol. The number of hydrogen-bond donors (Lipinski definition) is 1. The molecule has 19 heavy (non-hydrogen) atoms. The fourth-order valence-electron chi connectivity index (χ4n) is 2.46. The number of esters is 1. The van der Waals surface area contributed by atoms with E-state index < -0.39 is 5.54 Å². The highest BCUT2D eigenvalue weighted by molar-refractivity contribution is 5.80. The summed E-state index contributed by atoms with van der Waals surface area (Å²) in [5, 5.41) is 0. The molecule has 0 aromatic carbocycles. The minimum Gasteiger partial charge on any atom is -0.462 e. The summed E-state index contributed by atoms with van der Waals surface area (Å²) in [6.07, 6.45) is 4.74. The summed E-state index contributed by atoms with van der Waals surface area (Å²) in [5.74, 6) is 0.968.